The predicted molar refractivity (Wildman–Crippen MR) is 465 cm³/mol. The van der Waals surface area contributed by atoms with Crippen molar-refractivity contribution in [2.24, 2.45) is 0 Å². The Bertz CT molecular complexity index is 6790. The van der Waals surface area contributed by atoms with Gasteiger partial charge in [-0.05, 0) is 95.1 Å². The minimum absolute atomic E-state index is 0.0207. The maximum Gasteiger partial charge on any atom is 0.325 e. The highest BCUT2D eigenvalue weighted by Crippen LogP contribution is 2.59. The largest absolute Gasteiger partial charge is 0.398 e. The molecule has 9 fully saturated rings. The van der Waals surface area contributed by atoms with Gasteiger partial charge in [0.2, 0.25) is 17.8 Å². The minimum Gasteiger partial charge on any atom is -0.398 e. The van der Waals surface area contributed by atoms with E-state index >= 15 is 17.6 Å². The second-order valence-electron chi connectivity index (χ2n) is 30.2. The number of alkyl halides is 4. The zero-order chi connectivity index (χ0) is 93.8. The Kier molecular flexibility index (Phi) is 25.7. The number of ether oxygens (including phenoxy) is 6. The topological polar surface area (TPSA) is 752 Å². The maximum atomic E-state index is 16.0. The molecule has 0 aliphatic carbocycles. The Labute approximate surface area is 766 Å². The molecule has 0 aromatic carbocycles. The molecule has 9 saturated heterocycles. The molecule has 0 radical (unpaired) electrons. The van der Waals surface area contributed by atoms with Crippen molar-refractivity contribution < 1.29 is 130 Å². The monoisotopic (exact) mass is 2090 g/mol. The number of nitrogens with zero attached hydrogens (tertiary/aromatic N) is 20. The van der Waals surface area contributed by atoms with Crippen molar-refractivity contribution >= 4 is 213 Å². The van der Waals surface area contributed by atoms with Crippen molar-refractivity contribution in [3.05, 3.63) is 92.8 Å². The number of anilines is 6. The van der Waals surface area contributed by atoms with Crippen molar-refractivity contribution in [2.45, 2.75) is 148 Å². The van der Waals surface area contributed by atoms with Crippen LogP contribution in [0.5, 0.6) is 0 Å². The first-order valence-electron chi connectivity index (χ1n) is 38.7. The molecule has 56 nitrogen and oxygen atoms in total. The van der Waals surface area contributed by atoms with E-state index in [4.69, 9.17) is 188 Å². The molecule has 21 rings (SSSR count). The first-order valence-corrected chi connectivity index (χ1v) is 54.2. The number of nitrogens with two attached hydrogens (primary N) is 6. The van der Waals surface area contributed by atoms with Crippen LogP contribution in [0.15, 0.2) is 76.1 Å². The summed E-state index contributed by atoms with van der Waals surface area (Å²) in [7, 11) is 0. The van der Waals surface area contributed by atoms with Gasteiger partial charge < -0.3 is 133 Å². The number of hydrogen-bond acceptors (Lipinski definition) is 47. The number of imidazole rings is 2. The van der Waals surface area contributed by atoms with Gasteiger partial charge in [0.1, 0.15) is 78.4 Å². The maximum absolute atomic E-state index is 16.0. The van der Waals surface area contributed by atoms with Gasteiger partial charge in [0.15, 0.2) is 106 Å². The molecule has 9 aliphatic heterocycles. The van der Waals surface area contributed by atoms with Crippen LogP contribution in [0.4, 0.5) is 52.5 Å². The van der Waals surface area contributed by atoms with E-state index < -0.39 is 219 Å². The fourth-order valence-corrected chi connectivity index (χ4v) is 24.3. The molecule has 9 aliphatic rings. The van der Waals surface area contributed by atoms with Gasteiger partial charge in [-0.3, -0.25) is 56.6 Å². The summed E-state index contributed by atoms with van der Waals surface area (Å²) in [6.45, 7) is -28.4. The van der Waals surface area contributed by atoms with Crippen molar-refractivity contribution in [2.75, 3.05) is 74.0 Å². The number of hydrogen-bond donors (Lipinski definition) is 15. The highest BCUT2D eigenvalue weighted by atomic mass is 32.5. The molecule has 0 spiro atoms. The average Bonchev–Trinajstić information content (AvgIpc) is 1.57. The summed E-state index contributed by atoms with van der Waals surface area (Å²) in [4.78, 5) is 143. The third kappa shape index (κ3) is 18.8. The number of H-pyrrole nitrogens is 3. The van der Waals surface area contributed by atoms with Crippen molar-refractivity contribution in [1.82, 2.24) is 114 Å². The molecule has 12 aromatic heterocycles. The Balaban J connectivity index is 0.000000129. The van der Waals surface area contributed by atoms with Crippen LogP contribution in [0.25, 0.3) is 66.9 Å². The zero-order valence-corrected chi connectivity index (χ0v) is 76.7. The van der Waals surface area contributed by atoms with Gasteiger partial charge in [0.25, 0.3) is 16.7 Å². The molecule has 28 atom stereocenters. The van der Waals surface area contributed by atoms with Crippen LogP contribution in [-0.4, -0.2) is 280 Å². The van der Waals surface area contributed by atoms with Crippen LogP contribution in [0.3, 0.4) is 0 Å². The number of rotatable bonds is 6. The lowest BCUT2D eigenvalue weighted by molar-refractivity contribution is -0.0639. The molecule has 21 heterocycles. The lowest BCUT2D eigenvalue weighted by Gasteiger charge is -2.27. The van der Waals surface area contributed by atoms with Crippen LogP contribution < -0.4 is 51.1 Å². The number of aromatic nitrogens is 23. The summed E-state index contributed by atoms with van der Waals surface area (Å²) in [6.07, 6.45) is -22.8. The number of pyridine rings is 3. The fraction of sp³-hybridized carbons (Fsp3) is 0.492. The molecule has 12 aromatic rings. The molecule has 6 bridgehead atoms. The van der Waals surface area contributed by atoms with Crippen LogP contribution >= 0.6 is 40.3 Å². The van der Waals surface area contributed by atoms with Gasteiger partial charge in [-0.1, -0.05) is 15.6 Å². The Morgan fingerprint density at radius 3 is 1.35 bits per heavy atom. The third-order valence-corrected chi connectivity index (χ3v) is 31.1. The number of nitrogen functional groups attached to an aromatic ring is 6. The van der Waals surface area contributed by atoms with Gasteiger partial charge in [-0.15, -0.1) is 15.3 Å². The zero-order valence-electron chi connectivity index (χ0n) is 66.4. The van der Waals surface area contributed by atoms with Crippen LogP contribution in [0.1, 0.15) is 50.2 Å². The highest BCUT2D eigenvalue weighted by molar-refractivity contribution is 8.08. The third-order valence-electron chi connectivity index (χ3n) is 21.7. The molecule has 133 heavy (non-hydrogen) atoms. The van der Waals surface area contributed by atoms with Gasteiger partial charge in [-0.25, -0.2) is 42.5 Å². The molecular formula is C61H69F4N29O27P6S6. The standard InChI is InChI=1S/C21H25N9O9P2S2.2C20H22F2N10O9P2S2/c22-11-1-3-24-17-10(11)2-4-29(17)15-6-12-14(37-15)8-35-41(33,43)39-13-5-9(7-34-40(32,42)38-12)36-20(13)30-18-16(27-28-30)19(31)26-21(23)25-18;21-9-7-3-36-42(34,44)40-13-8(39-18(10(13)22)32-15-11(29-30-32)6(23)1-2-25-15)4-37-43(35,45)41-14(9)19(38-7)31-5-26-12-16(31)27-20(24)28-17(12)33;21-9-7-3-36-42(34,44)40-13-8(39-18(10(13)22)31-5-26-11-6(23)1-2-25-15(11)31)4-37-43(35,45)41-14(9)19(38-7)32-16-12(29-30-32)17(33)28-20(24)27-16/h1-4,9,12-15,20H,5-8H2,(H2,22,24)(H,32,42)(H,33,43)(H3,23,25,26,31);2*1-2,5,7-10,13-14,18-19H,3-4H2,(H2,23,25)(H,34,44)(H,35,45)(H3,24,27,28,33)/t9-,12-,13+,14+,15+,20+,40?,41?;7-,8-,9-,10+,13-,14-,18-,19-,42?,43?;7-,8-,9+,10+,13-,14-,18-,19-,42?,43?/m011/s1. The quantitative estimate of drug-likeness (QED) is 0.0783. The number of nitrogens with one attached hydrogen (secondary N) is 3. The molecule has 0 amide bonds. The van der Waals surface area contributed by atoms with E-state index in [0.29, 0.717) is 11.3 Å². The van der Waals surface area contributed by atoms with E-state index in [1.54, 1.807) is 23.0 Å². The summed E-state index contributed by atoms with van der Waals surface area (Å²) in [6, 6.07) is 6.51. The van der Waals surface area contributed by atoms with E-state index in [2.05, 4.69) is 85.8 Å². The number of fused-ring (bicyclic) bond motifs is 15. The number of aromatic amines is 3. The van der Waals surface area contributed by atoms with E-state index in [0.717, 1.165) is 25.6 Å². The lowest BCUT2D eigenvalue weighted by atomic mass is 10.1. The molecule has 0 saturated carbocycles. The summed E-state index contributed by atoms with van der Waals surface area (Å²) >= 11 is 31.2. The van der Waals surface area contributed by atoms with Crippen LogP contribution in [0.2, 0.25) is 0 Å². The first-order chi connectivity index (χ1) is 63.1. The lowest BCUT2D eigenvalue weighted by Crippen LogP contribution is -2.34. The van der Waals surface area contributed by atoms with Crippen LogP contribution in [-0.2, 0) is 154 Å². The normalized spacial score (nSPS) is 36.9. The molecule has 72 heteroatoms. The van der Waals surface area contributed by atoms with Gasteiger partial charge in [0.05, 0.1) is 75.9 Å². The van der Waals surface area contributed by atoms with E-state index in [9.17, 15) is 43.7 Å². The molecule has 6 unspecified atom stereocenters. The Morgan fingerprint density at radius 1 is 0.361 bits per heavy atom. The molecule has 21 N–H and O–H groups in total. The number of halogens is 4. The van der Waals surface area contributed by atoms with E-state index in [-0.39, 0.29) is 111 Å². The van der Waals surface area contributed by atoms with Crippen molar-refractivity contribution in [3.63, 3.8) is 0 Å². The van der Waals surface area contributed by atoms with E-state index in [1.807, 2.05) is 6.07 Å². The van der Waals surface area contributed by atoms with E-state index in [1.165, 1.54) is 40.1 Å². The SMILES string of the molecule is Nc1nc2c(ncn2[C@@H]2O[C@@H]3COP(O)(=S)O[C@H]4[C@H](F)[C@H](n5nnc6c(N)ccnc65)O[C@@H]4COP(O)(=S)O[C@@H]2[C@@H]3F)c(=O)[nH]1.Nc1nc2c(nnn2[C@@H]2O[C@@H]3COP(O)(=S)O[C@H]4C[C@H](n5ccc6c(N)ccnc65)O[C@@H]4COP(O)(=S)O[C@@H]2C3)c(=O)[nH]1.Nc1nc2c(nnn2[C@@H]2O[C@@H]3COP(O)(=S)O[C@H]4[C@H](F)[C@H](n5cnc6c(N)ccnc65)O[C@@H]4COP(O)(=S)O[C@@H]2[C@H]3F)c(=O)[nH]1. The second-order valence-corrected chi connectivity index (χ2v) is 47.0. The van der Waals surface area contributed by atoms with Gasteiger partial charge in [0, 0.05) is 48.7 Å². The van der Waals surface area contributed by atoms with Crippen LogP contribution in [0, 0.1) is 0 Å². The summed E-state index contributed by atoms with van der Waals surface area (Å²) in [5.74, 6) is -0.715. The first kappa shape index (κ1) is 94.2. The van der Waals surface area contributed by atoms with Gasteiger partial charge >= 0.3 is 40.3 Å². The summed E-state index contributed by atoms with van der Waals surface area (Å²) in [5, 5.41) is 24.0. The van der Waals surface area contributed by atoms with Crippen molar-refractivity contribution in [3.8, 4) is 0 Å². The predicted octanol–water partition coefficient (Wildman–Crippen LogP) is 0.246. The smallest absolute Gasteiger partial charge is 0.325 e. The summed E-state index contributed by atoms with van der Waals surface area (Å²) in [5.41, 5.74) is 34.7. The Morgan fingerprint density at radius 2 is 0.774 bits per heavy atom. The highest BCUT2D eigenvalue weighted by Gasteiger charge is 2.58. The fourth-order valence-electron chi connectivity index (χ4n) is 15.7. The van der Waals surface area contributed by atoms with Crippen molar-refractivity contribution in [1.29, 1.82) is 0 Å². The molecular weight excluding hydrogens is 2030 g/mol. The Hall–Kier alpha value is -7.77. The second kappa shape index (κ2) is 36.2. The minimum atomic E-state index is -4.37. The summed E-state index contributed by atoms with van der Waals surface area (Å²) < 4.78 is 174. The molecule has 714 valence electrons. The average molecular weight is 2090 g/mol. The van der Waals surface area contributed by atoms with Gasteiger partial charge in [-0.2, -0.15) is 29.0 Å².